The van der Waals surface area contributed by atoms with Crippen molar-refractivity contribution in [3.8, 4) is 0 Å². The maximum Gasteiger partial charge on any atom is 0.226 e. The van der Waals surface area contributed by atoms with Gasteiger partial charge in [-0.05, 0) is 39.4 Å². The Morgan fingerprint density at radius 2 is 1.95 bits per heavy atom. The zero-order valence-corrected chi connectivity index (χ0v) is 11.8. The van der Waals surface area contributed by atoms with Crippen LogP contribution in [0.5, 0.6) is 0 Å². The predicted octanol–water partition coefficient (Wildman–Crippen LogP) is 2.55. The molecular formula is C15H21N3O. The first kappa shape index (κ1) is 13.7. The first-order valence-electron chi connectivity index (χ1n) is 6.68. The Hall–Kier alpha value is -1.68. The molecule has 19 heavy (non-hydrogen) atoms. The number of rotatable bonds is 6. The van der Waals surface area contributed by atoms with Gasteiger partial charge in [0.05, 0.1) is 5.41 Å². The minimum atomic E-state index is -0.230. The Morgan fingerprint density at radius 1 is 1.21 bits per heavy atom. The van der Waals surface area contributed by atoms with Gasteiger partial charge in [-0.2, -0.15) is 4.98 Å². The third kappa shape index (κ3) is 3.20. The third-order valence-electron chi connectivity index (χ3n) is 3.34. The molecule has 0 bridgehead atoms. The molecule has 4 heteroatoms. The average molecular weight is 259 g/mol. The molecule has 102 valence electrons. The van der Waals surface area contributed by atoms with E-state index < -0.39 is 0 Å². The smallest absolute Gasteiger partial charge is 0.226 e. The molecule has 4 nitrogen and oxygen atoms in total. The van der Waals surface area contributed by atoms with E-state index in [0.29, 0.717) is 5.89 Å². The highest BCUT2D eigenvalue weighted by atomic mass is 16.5. The number of nitrogens with zero attached hydrogens (tertiary/aromatic N) is 2. The Labute approximate surface area is 114 Å². The Bertz CT molecular complexity index is 505. The zero-order chi connectivity index (χ0) is 13.7. The van der Waals surface area contributed by atoms with Gasteiger partial charge >= 0.3 is 0 Å². The molecule has 0 fully saturated rings. The zero-order valence-electron chi connectivity index (χ0n) is 11.8. The van der Waals surface area contributed by atoms with Gasteiger partial charge in [0, 0.05) is 6.42 Å². The highest BCUT2D eigenvalue weighted by Gasteiger charge is 2.28. The van der Waals surface area contributed by atoms with Crippen molar-refractivity contribution in [1.29, 1.82) is 0 Å². The minimum Gasteiger partial charge on any atom is -0.339 e. The number of benzene rings is 1. The second kappa shape index (κ2) is 5.97. The summed E-state index contributed by atoms with van der Waals surface area (Å²) in [7, 11) is 1.94. The third-order valence-corrected chi connectivity index (χ3v) is 3.34. The molecule has 0 aliphatic heterocycles. The fraction of sp³-hybridized carbons (Fsp3) is 0.467. The highest BCUT2D eigenvalue weighted by molar-refractivity contribution is 5.30. The van der Waals surface area contributed by atoms with E-state index in [2.05, 4.69) is 41.4 Å². The Kier molecular flexibility index (Phi) is 4.32. The highest BCUT2D eigenvalue weighted by Crippen LogP contribution is 2.28. The van der Waals surface area contributed by atoms with E-state index in [1.54, 1.807) is 0 Å². The van der Waals surface area contributed by atoms with Gasteiger partial charge in [0.15, 0.2) is 5.82 Å². The van der Waals surface area contributed by atoms with E-state index in [1.165, 1.54) is 5.56 Å². The molecule has 0 spiro atoms. The molecule has 0 saturated heterocycles. The number of nitrogens with one attached hydrogen (secondary N) is 1. The topological polar surface area (TPSA) is 51.0 Å². The fourth-order valence-corrected chi connectivity index (χ4v) is 2.01. The number of aryl methyl sites for hydroxylation is 1. The predicted molar refractivity (Wildman–Crippen MR) is 75.1 cm³/mol. The molecule has 0 radical (unpaired) electrons. The Balaban J connectivity index is 2.13. The van der Waals surface area contributed by atoms with Crippen LogP contribution in [0.2, 0.25) is 0 Å². The molecule has 0 atom stereocenters. The standard InChI is InChI=1S/C15H21N3O/c1-15(2,12-8-5-4-6-9-12)14-17-13(19-18-14)10-7-11-16-3/h4-6,8-9,16H,7,10-11H2,1-3H3. The lowest BCUT2D eigenvalue weighted by atomic mass is 9.84. The van der Waals surface area contributed by atoms with Crippen LogP contribution in [-0.2, 0) is 11.8 Å². The van der Waals surface area contributed by atoms with Crippen LogP contribution in [0.15, 0.2) is 34.9 Å². The van der Waals surface area contributed by atoms with Crippen molar-refractivity contribution in [2.75, 3.05) is 13.6 Å². The lowest BCUT2D eigenvalue weighted by Gasteiger charge is -2.20. The van der Waals surface area contributed by atoms with Crippen LogP contribution in [0.3, 0.4) is 0 Å². The molecule has 0 aliphatic rings. The molecule has 0 aliphatic carbocycles. The first-order valence-corrected chi connectivity index (χ1v) is 6.68. The summed E-state index contributed by atoms with van der Waals surface area (Å²) in [6, 6.07) is 10.3. The van der Waals surface area contributed by atoms with Crippen LogP contribution in [-0.4, -0.2) is 23.7 Å². The number of hydrogen-bond acceptors (Lipinski definition) is 4. The summed E-state index contributed by atoms with van der Waals surface area (Å²) in [6.07, 6.45) is 1.82. The molecule has 1 aromatic heterocycles. The molecule has 1 N–H and O–H groups in total. The lowest BCUT2D eigenvalue weighted by Crippen LogP contribution is -2.20. The van der Waals surface area contributed by atoms with E-state index in [1.807, 2.05) is 25.2 Å². The Morgan fingerprint density at radius 3 is 2.63 bits per heavy atom. The summed E-state index contributed by atoms with van der Waals surface area (Å²) in [6.45, 7) is 5.19. The van der Waals surface area contributed by atoms with Crippen molar-refractivity contribution >= 4 is 0 Å². The van der Waals surface area contributed by atoms with Gasteiger partial charge in [0.1, 0.15) is 0 Å². The van der Waals surface area contributed by atoms with Crippen LogP contribution >= 0.6 is 0 Å². The van der Waals surface area contributed by atoms with Crippen LogP contribution < -0.4 is 5.32 Å². The quantitative estimate of drug-likeness (QED) is 0.810. The van der Waals surface area contributed by atoms with Crippen molar-refractivity contribution in [1.82, 2.24) is 15.5 Å². The van der Waals surface area contributed by atoms with Gasteiger partial charge < -0.3 is 9.84 Å². The van der Waals surface area contributed by atoms with E-state index >= 15 is 0 Å². The summed E-state index contributed by atoms with van der Waals surface area (Å²) in [5.74, 6) is 1.47. The van der Waals surface area contributed by atoms with E-state index in [9.17, 15) is 0 Å². The van der Waals surface area contributed by atoms with E-state index in [4.69, 9.17) is 4.52 Å². The summed E-state index contributed by atoms with van der Waals surface area (Å²) in [4.78, 5) is 4.52. The monoisotopic (exact) mass is 259 g/mol. The summed E-state index contributed by atoms with van der Waals surface area (Å²) in [5, 5.41) is 7.25. The molecule has 0 amide bonds. The van der Waals surface area contributed by atoms with Crippen molar-refractivity contribution in [3.63, 3.8) is 0 Å². The maximum absolute atomic E-state index is 5.33. The van der Waals surface area contributed by atoms with Crippen molar-refractivity contribution in [2.45, 2.75) is 32.1 Å². The van der Waals surface area contributed by atoms with Crippen LogP contribution in [0.25, 0.3) is 0 Å². The summed E-state index contributed by atoms with van der Waals surface area (Å²) < 4.78 is 5.33. The molecule has 1 heterocycles. The van der Waals surface area contributed by atoms with Gasteiger partial charge in [0.2, 0.25) is 5.89 Å². The van der Waals surface area contributed by atoms with Crippen molar-refractivity contribution in [3.05, 3.63) is 47.6 Å². The average Bonchev–Trinajstić information content (AvgIpc) is 2.90. The second-order valence-electron chi connectivity index (χ2n) is 5.21. The summed E-state index contributed by atoms with van der Waals surface area (Å²) in [5.41, 5.74) is 0.962. The molecule has 1 aromatic carbocycles. The van der Waals surface area contributed by atoms with Gasteiger partial charge in [-0.1, -0.05) is 35.5 Å². The molecular weight excluding hydrogens is 238 g/mol. The van der Waals surface area contributed by atoms with E-state index in [0.717, 1.165) is 25.2 Å². The van der Waals surface area contributed by atoms with E-state index in [-0.39, 0.29) is 5.41 Å². The fourth-order valence-electron chi connectivity index (χ4n) is 2.01. The van der Waals surface area contributed by atoms with Crippen LogP contribution in [0, 0.1) is 0 Å². The SMILES string of the molecule is CNCCCc1nc(C(C)(C)c2ccccc2)no1. The molecule has 0 saturated carbocycles. The van der Waals surface area contributed by atoms with Crippen LogP contribution in [0.4, 0.5) is 0 Å². The minimum absolute atomic E-state index is 0.230. The molecule has 2 rings (SSSR count). The normalized spacial score (nSPS) is 11.7. The van der Waals surface area contributed by atoms with Gasteiger partial charge in [-0.3, -0.25) is 0 Å². The van der Waals surface area contributed by atoms with Crippen LogP contribution in [0.1, 0.15) is 37.5 Å². The lowest BCUT2D eigenvalue weighted by molar-refractivity contribution is 0.363. The first-order chi connectivity index (χ1) is 9.14. The second-order valence-corrected chi connectivity index (χ2v) is 5.21. The number of hydrogen-bond donors (Lipinski definition) is 1. The maximum atomic E-state index is 5.33. The summed E-state index contributed by atoms with van der Waals surface area (Å²) >= 11 is 0. The molecule has 2 aromatic rings. The number of aromatic nitrogens is 2. The van der Waals surface area contributed by atoms with Gasteiger partial charge in [-0.25, -0.2) is 0 Å². The van der Waals surface area contributed by atoms with Crippen molar-refractivity contribution < 1.29 is 4.52 Å². The van der Waals surface area contributed by atoms with Gasteiger partial charge in [0.25, 0.3) is 0 Å². The largest absolute Gasteiger partial charge is 0.339 e. The van der Waals surface area contributed by atoms with Gasteiger partial charge in [-0.15, -0.1) is 0 Å². The molecule has 0 unspecified atom stereocenters. The van der Waals surface area contributed by atoms with Crippen molar-refractivity contribution in [2.24, 2.45) is 0 Å².